The van der Waals surface area contributed by atoms with E-state index in [4.69, 9.17) is 34.6 Å². The lowest BCUT2D eigenvalue weighted by Crippen LogP contribution is -2.51. The summed E-state index contributed by atoms with van der Waals surface area (Å²) in [6, 6.07) is 26.7. The number of Topliss-reactive ketones (excluding diaryl/α,β-unsaturated/α-hetero) is 1. The highest BCUT2D eigenvalue weighted by Gasteiger charge is 2.59. The highest BCUT2D eigenvalue weighted by atomic mass is 31.2. The number of rotatable bonds is 29. The molecule has 0 bridgehead atoms. The van der Waals surface area contributed by atoms with E-state index in [2.05, 4.69) is 120 Å². The summed E-state index contributed by atoms with van der Waals surface area (Å²) in [5, 5.41) is 3.07. The predicted octanol–water partition coefficient (Wildman–Crippen LogP) is 17.0. The van der Waals surface area contributed by atoms with Crippen molar-refractivity contribution in [3.05, 3.63) is 119 Å². The maximum atomic E-state index is 14.4. The van der Waals surface area contributed by atoms with E-state index in [-0.39, 0.29) is 66.6 Å². The number of unbranched alkanes of at least 4 members (excludes halogenated alkanes) is 2. The Bertz CT molecular complexity index is 2510. The third-order valence-corrected chi connectivity index (χ3v) is 22.7. The number of amides is 1. The van der Waals surface area contributed by atoms with Gasteiger partial charge in [-0.2, -0.15) is 0 Å². The number of methoxy groups -OCH3 is 2. The Morgan fingerprint density at radius 3 is 2.09 bits per heavy atom. The van der Waals surface area contributed by atoms with Gasteiger partial charge in [0.05, 0.1) is 26.9 Å². The monoisotopic (exact) mass is 1140 g/mol. The summed E-state index contributed by atoms with van der Waals surface area (Å²) in [7, 11) is 1.77. The number of ether oxygens (including phenoxy) is 4. The molecule has 0 aliphatic heterocycles. The van der Waals surface area contributed by atoms with Crippen LogP contribution in [0.1, 0.15) is 188 Å². The molecule has 12 heteroatoms. The first-order valence-corrected chi connectivity index (χ1v) is 32.9. The van der Waals surface area contributed by atoms with Crippen molar-refractivity contribution in [2.75, 3.05) is 40.5 Å². The summed E-state index contributed by atoms with van der Waals surface area (Å²) in [6.45, 7) is 29.9. The minimum atomic E-state index is -1.57. The van der Waals surface area contributed by atoms with Gasteiger partial charge in [-0.25, -0.2) is 16.0 Å². The van der Waals surface area contributed by atoms with Crippen LogP contribution in [0.3, 0.4) is 0 Å². The lowest BCUT2D eigenvalue weighted by Gasteiger charge is -2.58. The normalized spacial score (nSPS) is 27.8. The molecule has 1 N–H and O–H groups in total. The SMILES string of the molecule is [C-]#[N+]CCOP(OC1CC(C(=O)CCCCCNC(=O)OC2CC[C@@]3(C)C(=CCC4C3CC[C@@]3(C)C4CC[C@@H]3C(C)CCCC(C)C)C2)CC1COC(c1ccccc1)(c1ccc(OC)cc1)c1ccc(OC)cc1)N(C(C)C)C(C)C. The molecule has 5 aliphatic carbocycles. The van der Waals surface area contributed by atoms with Gasteiger partial charge in [0.15, 0.2) is 0 Å². The van der Waals surface area contributed by atoms with Crippen LogP contribution in [-0.4, -0.2) is 81.4 Å². The summed E-state index contributed by atoms with van der Waals surface area (Å²) in [4.78, 5) is 31.3. The van der Waals surface area contributed by atoms with Crippen LogP contribution in [0.5, 0.6) is 11.5 Å². The third-order valence-electron chi connectivity index (χ3n) is 20.6. The standard InChI is InChI=1S/C70H102N3O8P/c1-48(2)20-19-21-51(7)62-35-36-63-61-34-29-57-46-60(37-39-68(57,8)64(61)38-40-69(62,63)9)80-67(75)72-41-18-14-17-24-65(74)52-44-53(66(45-52)81-82(79-43-42-71-10)73(49(3)4)50(5)6)47-78-70(54-22-15-13-16-23-54,55-25-30-58(76-11)31-26-55)56-27-32-59(77-12)33-28-56/h13,15-16,22-23,25-33,48-53,60-64,66H,14,17-21,24,34-47H2,1-9,11-12H3,(H,72,75)/t51?,52?,53?,60?,61?,62-,63?,64?,66?,68+,69-,82?/m1/s1. The van der Waals surface area contributed by atoms with Crippen molar-refractivity contribution in [1.82, 2.24) is 9.99 Å². The molecule has 82 heavy (non-hydrogen) atoms. The predicted molar refractivity (Wildman–Crippen MR) is 331 cm³/mol. The molecule has 9 unspecified atom stereocenters. The van der Waals surface area contributed by atoms with E-state index < -0.39 is 14.1 Å². The molecule has 3 aromatic carbocycles. The fraction of sp³-hybridized carbons (Fsp3) is 0.671. The second kappa shape index (κ2) is 29.2. The molecule has 3 aromatic rings. The van der Waals surface area contributed by atoms with Crippen LogP contribution in [0.15, 0.2) is 90.5 Å². The maximum absolute atomic E-state index is 14.4. The van der Waals surface area contributed by atoms with Crippen LogP contribution in [0.4, 0.5) is 4.79 Å². The molecular weight excluding hydrogens is 1040 g/mol. The van der Waals surface area contributed by atoms with Crippen molar-refractivity contribution < 1.29 is 37.6 Å². The highest BCUT2D eigenvalue weighted by molar-refractivity contribution is 7.44. The Morgan fingerprint density at radius 2 is 1.45 bits per heavy atom. The summed E-state index contributed by atoms with van der Waals surface area (Å²) in [6.07, 6.45) is 19.5. The zero-order chi connectivity index (χ0) is 58.6. The number of alkyl carbamates (subject to hydrolysis) is 1. The first-order chi connectivity index (χ1) is 39.4. The Kier molecular flexibility index (Phi) is 22.7. The molecule has 4 saturated carbocycles. The van der Waals surface area contributed by atoms with Gasteiger partial charge in [0, 0.05) is 43.3 Å². The van der Waals surface area contributed by atoms with E-state index >= 15 is 0 Å². The van der Waals surface area contributed by atoms with Crippen LogP contribution in [0, 0.1) is 64.7 Å². The highest BCUT2D eigenvalue weighted by Crippen LogP contribution is 2.67. The number of carbonyl (C=O) groups is 2. The van der Waals surface area contributed by atoms with E-state index in [1.54, 1.807) is 19.8 Å². The van der Waals surface area contributed by atoms with Gasteiger partial charge in [-0.3, -0.25) is 4.79 Å². The smallest absolute Gasteiger partial charge is 0.407 e. The Morgan fingerprint density at radius 1 is 0.780 bits per heavy atom. The van der Waals surface area contributed by atoms with Crippen LogP contribution >= 0.6 is 8.53 Å². The number of hydrogen-bond acceptors (Lipinski definition) is 9. The summed E-state index contributed by atoms with van der Waals surface area (Å²) >= 11 is 0. The first-order valence-electron chi connectivity index (χ1n) is 31.8. The van der Waals surface area contributed by atoms with Gasteiger partial charge in [-0.1, -0.05) is 127 Å². The fourth-order valence-corrected chi connectivity index (χ4v) is 18.1. The average Bonchev–Trinajstić information content (AvgIpc) is 4.18. The Balaban J connectivity index is 0.873. The molecule has 0 radical (unpaired) electrons. The van der Waals surface area contributed by atoms with E-state index in [0.29, 0.717) is 37.8 Å². The van der Waals surface area contributed by atoms with Crippen LogP contribution in [-0.2, 0) is 28.9 Å². The van der Waals surface area contributed by atoms with Gasteiger partial charge in [-0.15, -0.1) is 0 Å². The number of allylic oxidation sites excluding steroid dienone is 1. The van der Waals surface area contributed by atoms with Gasteiger partial charge in [0.2, 0.25) is 6.54 Å². The van der Waals surface area contributed by atoms with Crippen molar-refractivity contribution in [2.45, 2.75) is 201 Å². The summed E-state index contributed by atoms with van der Waals surface area (Å²) in [5.74, 6) is 6.19. The third kappa shape index (κ3) is 14.7. The van der Waals surface area contributed by atoms with E-state index in [9.17, 15) is 9.59 Å². The Labute approximate surface area is 495 Å². The molecule has 11 nitrogen and oxygen atoms in total. The van der Waals surface area contributed by atoms with Crippen LogP contribution in [0.2, 0.25) is 0 Å². The molecule has 5 aliphatic rings. The molecule has 0 aromatic heterocycles. The molecule has 0 heterocycles. The van der Waals surface area contributed by atoms with Crippen molar-refractivity contribution in [3.63, 3.8) is 0 Å². The van der Waals surface area contributed by atoms with Crippen molar-refractivity contribution >= 4 is 20.4 Å². The fourth-order valence-electron chi connectivity index (χ4n) is 16.3. The summed E-state index contributed by atoms with van der Waals surface area (Å²) in [5.41, 5.74) is 4.03. The molecular formula is C70H102N3O8P. The number of nitrogens with one attached hydrogen (secondary N) is 1. The van der Waals surface area contributed by atoms with E-state index in [0.717, 1.165) is 102 Å². The Hall–Kier alpha value is -4.30. The average molecular weight is 1140 g/mol. The minimum absolute atomic E-state index is 0.0846. The molecule has 4 fully saturated rings. The van der Waals surface area contributed by atoms with Gasteiger partial charge >= 0.3 is 6.09 Å². The van der Waals surface area contributed by atoms with E-state index in [1.807, 2.05) is 42.5 Å². The van der Waals surface area contributed by atoms with E-state index in [1.165, 1.54) is 51.4 Å². The largest absolute Gasteiger partial charge is 0.497 e. The molecule has 450 valence electrons. The second-order valence-corrected chi connectivity index (χ2v) is 28.1. The van der Waals surface area contributed by atoms with Crippen LogP contribution in [0.25, 0.3) is 4.85 Å². The minimum Gasteiger partial charge on any atom is -0.497 e. The van der Waals surface area contributed by atoms with Crippen molar-refractivity contribution in [2.24, 2.45) is 58.2 Å². The first kappa shape index (κ1) is 63.7. The molecule has 12 atom stereocenters. The quantitative estimate of drug-likeness (QED) is 0.0239. The molecule has 0 saturated heterocycles. The summed E-state index contributed by atoms with van der Waals surface area (Å²) < 4.78 is 40.7. The van der Waals surface area contributed by atoms with Gasteiger partial charge in [0.1, 0.15) is 35.6 Å². The van der Waals surface area contributed by atoms with Gasteiger partial charge < -0.3 is 38.2 Å². The van der Waals surface area contributed by atoms with Gasteiger partial charge in [-0.05, 0) is 186 Å². The topological polar surface area (TPSA) is 109 Å². The zero-order valence-electron chi connectivity index (χ0n) is 52.0. The molecule has 0 spiro atoms. The number of hydrogen-bond donors (Lipinski definition) is 1. The second-order valence-electron chi connectivity index (χ2n) is 26.7. The number of benzene rings is 3. The van der Waals surface area contributed by atoms with Crippen LogP contribution < -0.4 is 14.8 Å². The number of carbonyl (C=O) groups excluding carboxylic acids is 2. The zero-order valence-corrected chi connectivity index (χ0v) is 52.9. The lowest BCUT2D eigenvalue weighted by molar-refractivity contribution is -0.123. The molecule has 8 rings (SSSR count). The van der Waals surface area contributed by atoms with Crippen molar-refractivity contribution in [1.29, 1.82) is 0 Å². The number of fused-ring (bicyclic) bond motifs is 5. The maximum Gasteiger partial charge on any atom is 0.407 e. The molecule has 1 amide bonds. The number of nitrogens with zero attached hydrogens (tertiary/aromatic N) is 2. The lowest BCUT2D eigenvalue weighted by atomic mass is 9.47. The van der Waals surface area contributed by atoms with Crippen molar-refractivity contribution in [3.8, 4) is 11.5 Å². The number of ketones is 1. The van der Waals surface area contributed by atoms with Gasteiger partial charge in [0.25, 0.3) is 8.53 Å².